The number of carbonyl (C=O) groups is 1. The first-order valence-corrected chi connectivity index (χ1v) is 5.77. The molecule has 0 aromatic heterocycles. The Morgan fingerprint density at radius 1 is 1.54 bits per heavy atom. The molecule has 1 heterocycles. The van der Waals surface area contributed by atoms with Crippen molar-refractivity contribution in [2.75, 3.05) is 5.75 Å². The van der Waals surface area contributed by atoms with Crippen molar-refractivity contribution >= 4 is 15.8 Å². The van der Waals surface area contributed by atoms with Crippen molar-refractivity contribution in [1.29, 1.82) is 0 Å². The van der Waals surface area contributed by atoms with Gasteiger partial charge in [0, 0.05) is 5.57 Å². The van der Waals surface area contributed by atoms with Crippen molar-refractivity contribution in [1.82, 2.24) is 0 Å². The van der Waals surface area contributed by atoms with E-state index in [4.69, 9.17) is 5.11 Å². The maximum Gasteiger partial charge on any atom is 0.330 e. The first-order valence-electron chi connectivity index (χ1n) is 4.06. The molecule has 1 unspecified atom stereocenters. The molecule has 0 radical (unpaired) electrons. The third-order valence-corrected chi connectivity index (χ3v) is 4.52. The summed E-state index contributed by atoms with van der Waals surface area (Å²) in [6, 6.07) is 0. The topological polar surface area (TPSA) is 71.4 Å². The largest absolute Gasteiger partial charge is 0.478 e. The zero-order valence-corrected chi connectivity index (χ0v) is 8.01. The molecule has 0 spiro atoms. The van der Waals surface area contributed by atoms with Crippen LogP contribution in [0.2, 0.25) is 0 Å². The van der Waals surface area contributed by atoms with E-state index in [1.54, 1.807) is 0 Å². The van der Waals surface area contributed by atoms with Gasteiger partial charge in [-0.05, 0) is 19.3 Å². The Labute approximate surface area is 77.2 Å². The Morgan fingerprint density at radius 3 is 2.54 bits per heavy atom. The van der Waals surface area contributed by atoms with E-state index in [1.165, 1.54) is 0 Å². The van der Waals surface area contributed by atoms with Crippen LogP contribution in [0.4, 0.5) is 0 Å². The molecular weight excluding hydrogens is 192 g/mol. The van der Waals surface area contributed by atoms with Crippen LogP contribution in [0.3, 0.4) is 0 Å². The average molecular weight is 204 g/mol. The summed E-state index contributed by atoms with van der Waals surface area (Å²) in [6.07, 6.45) is 1.27. The van der Waals surface area contributed by atoms with Gasteiger partial charge in [-0.2, -0.15) is 0 Å². The minimum Gasteiger partial charge on any atom is -0.478 e. The van der Waals surface area contributed by atoms with Crippen LogP contribution in [0.5, 0.6) is 0 Å². The number of sulfone groups is 1. The van der Waals surface area contributed by atoms with E-state index in [0.29, 0.717) is 12.8 Å². The molecule has 0 aliphatic carbocycles. The highest BCUT2D eigenvalue weighted by Crippen LogP contribution is 2.25. The van der Waals surface area contributed by atoms with Crippen LogP contribution in [-0.4, -0.2) is 30.5 Å². The maximum atomic E-state index is 11.3. The molecule has 1 rings (SSSR count). The lowest BCUT2D eigenvalue weighted by atomic mass is 10.1. The van der Waals surface area contributed by atoms with Gasteiger partial charge in [0.1, 0.15) is 0 Å². The lowest BCUT2D eigenvalue weighted by Crippen LogP contribution is -2.18. The van der Waals surface area contributed by atoms with E-state index < -0.39 is 21.1 Å². The van der Waals surface area contributed by atoms with E-state index >= 15 is 0 Å². The molecule has 1 saturated heterocycles. The number of hydrogen-bond donors (Lipinski definition) is 1. The minimum absolute atomic E-state index is 0.0181. The third-order valence-electron chi connectivity index (χ3n) is 2.24. The van der Waals surface area contributed by atoms with Gasteiger partial charge in [0.15, 0.2) is 9.84 Å². The Balaban J connectivity index is 2.65. The molecule has 74 valence electrons. The summed E-state index contributed by atoms with van der Waals surface area (Å²) in [5, 5.41) is 8.00. The summed E-state index contributed by atoms with van der Waals surface area (Å²) >= 11 is 0. The molecule has 1 fully saturated rings. The number of rotatable bonds is 3. The Kier molecular flexibility index (Phi) is 2.75. The quantitative estimate of drug-likeness (QED) is 0.683. The van der Waals surface area contributed by atoms with Crippen LogP contribution in [0.15, 0.2) is 12.2 Å². The van der Waals surface area contributed by atoms with Gasteiger partial charge < -0.3 is 5.11 Å². The molecular formula is C8H12O4S. The Bertz CT molecular complexity index is 328. The van der Waals surface area contributed by atoms with Gasteiger partial charge in [-0.1, -0.05) is 6.58 Å². The highest BCUT2D eigenvalue weighted by atomic mass is 32.2. The first kappa shape index (κ1) is 10.2. The fraction of sp³-hybridized carbons (Fsp3) is 0.625. The predicted octanol–water partition coefficient (Wildman–Crippen LogP) is 0.594. The predicted molar refractivity (Wildman–Crippen MR) is 48.2 cm³/mol. The van der Waals surface area contributed by atoms with E-state index in [9.17, 15) is 13.2 Å². The molecule has 0 saturated carbocycles. The van der Waals surface area contributed by atoms with Gasteiger partial charge in [-0.25, -0.2) is 13.2 Å². The van der Waals surface area contributed by atoms with Crippen molar-refractivity contribution < 1.29 is 18.3 Å². The van der Waals surface area contributed by atoms with Crippen LogP contribution in [0.1, 0.15) is 19.3 Å². The van der Waals surface area contributed by atoms with Gasteiger partial charge in [0.25, 0.3) is 0 Å². The fourth-order valence-electron chi connectivity index (χ4n) is 1.45. The molecule has 13 heavy (non-hydrogen) atoms. The van der Waals surface area contributed by atoms with Crippen molar-refractivity contribution in [2.45, 2.75) is 24.5 Å². The average Bonchev–Trinajstić information content (AvgIpc) is 2.30. The summed E-state index contributed by atoms with van der Waals surface area (Å²) in [6.45, 7) is 3.32. The molecule has 0 aromatic rings. The summed E-state index contributed by atoms with van der Waals surface area (Å²) in [7, 11) is -3.04. The first-order chi connectivity index (χ1) is 5.93. The summed E-state index contributed by atoms with van der Waals surface area (Å²) in [5.74, 6) is -0.924. The normalized spacial score (nSPS) is 25.7. The second kappa shape index (κ2) is 3.49. The van der Waals surface area contributed by atoms with Crippen LogP contribution < -0.4 is 0 Å². The summed E-state index contributed by atoms with van der Waals surface area (Å²) in [4.78, 5) is 10.4. The lowest BCUT2D eigenvalue weighted by molar-refractivity contribution is -0.132. The van der Waals surface area contributed by atoms with Gasteiger partial charge in [-0.15, -0.1) is 0 Å². The van der Waals surface area contributed by atoms with Gasteiger partial charge >= 0.3 is 5.97 Å². The van der Waals surface area contributed by atoms with Crippen molar-refractivity contribution in [2.24, 2.45) is 0 Å². The van der Waals surface area contributed by atoms with E-state index in [-0.39, 0.29) is 17.7 Å². The van der Waals surface area contributed by atoms with E-state index in [1.807, 2.05) is 0 Å². The van der Waals surface area contributed by atoms with Gasteiger partial charge in [-0.3, -0.25) is 0 Å². The maximum absolute atomic E-state index is 11.3. The molecule has 0 bridgehead atoms. The monoisotopic (exact) mass is 204 g/mol. The van der Waals surface area contributed by atoms with Gasteiger partial charge in [0.2, 0.25) is 0 Å². The SMILES string of the molecule is C=C(CC1CCCS1(=O)=O)C(=O)O. The molecule has 4 nitrogen and oxygen atoms in total. The second-order valence-corrected chi connectivity index (χ2v) is 5.64. The molecule has 5 heteroatoms. The van der Waals surface area contributed by atoms with Crippen LogP contribution in [-0.2, 0) is 14.6 Å². The molecule has 1 N–H and O–H groups in total. The van der Waals surface area contributed by atoms with Crippen molar-refractivity contribution in [3.05, 3.63) is 12.2 Å². The summed E-state index contributed by atoms with van der Waals surface area (Å²) < 4.78 is 22.6. The highest BCUT2D eigenvalue weighted by Gasteiger charge is 2.32. The number of hydrogen-bond acceptors (Lipinski definition) is 3. The zero-order chi connectivity index (χ0) is 10.1. The van der Waals surface area contributed by atoms with Crippen molar-refractivity contribution in [3.63, 3.8) is 0 Å². The minimum atomic E-state index is -3.04. The van der Waals surface area contributed by atoms with Crippen LogP contribution in [0, 0.1) is 0 Å². The van der Waals surface area contributed by atoms with E-state index in [2.05, 4.69) is 6.58 Å². The standard InChI is InChI=1S/C8H12O4S/c1-6(8(9)10)5-7-3-2-4-13(7,11)12/h7H,1-5H2,(H,9,10). The molecule has 1 aliphatic rings. The number of carboxylic acid groups (broad SMARTS) is 1. The van der Waals surface area contributed by atoms with Gasteiger partial charge in [0.05, 0.1) is 11.0 Å². The Hall–Kier alpha value is -0.840. The highest BCUT2D eigenvalue weighted by molar-refractivity contribution is 7.92. The number of carboxylic acids is 1. The molecule has 0 amide bonds. The van der Waals surface area contributed by atoms with Crippen molar-refractivity contribution in [3.8, 4) is 0 Å². The second-order valence-electron chi connectivity index (χ2n) is 3.24. The Morgan fingerprint density at radius 2 is 2.15 bits per heavy atom. The summed E-state index contributed by atoms with van der Waals surface area (Å²) in [5.41, 5.74) is -0.0181. The number of aliphatic carboxylic acids is 1. The van der Waals surface area contributed by atoms with Crippen LogP contribution >= 0.6 is 0 Å². The molecule has 0 aromatic carbocycles. The van der Waals surface area contributed by atoms with Crippen LogP contribution in [0.25, 0.3) is 0 Å². The third kappa shape index (κ3) is 2.30. The van der Waals surface area contributed by atoms with E-state index in [0.717, 1.165) is 0 Å². The zero-order valence-electron chi connectivity index (χ0n) is 7.19. The smallest absolute Gasteiger partial charge is 0.330 e. The molecule has 1 aliphatic heterocycles. The fourth-order valence-corrected chi connectivity index (χ4v) is 3.33. The molecule has 1 atom stereocenters. The lowest BCUT2D eigenvalue weighted by Gasteiger charge is -2.07.